The average molecular weight is 210 g/mol. The second-order valence-corrected chi connectivity index (χ2v) is 2.66. The summed E-state index contributed by atoms with van der Waals surface area (Å²) in [6.45, 7) is -0.547. The minimum atomic E-state index is -2.79. The highest BCUT2D eigenvalue weighted by Crippen LogP contribution is 2.34. The fraction of sp³-hybridized carbons (Fsp3) is 0.286. The smallest absolute Gasteiger partial charge is 0.266 e. The summed E-state index contributed by atoms with van der Waals surface area (Å²) in [5.74, 6) is -0.595. The number of hydrogen-bond acceptors (Lipinski definition) is 3. The molecule has 3 nitrogen and oxygen atoms in total. The van der Waals surface area contributed by atoms with Crippen molar-refractivity contribution in [3.8, 4) is 5.75 Å². The number of aliphatic hydroxyl groups is 1. The lowest BCUT2D eigenvalue weighted by molar-refractivity contribution is 0.150. The minimum absolute atomic E-state index is 0.116. The van der Waals surface area contributed by atoms with Crippen LogP contribution in [0.2, 0.25) is 5.02 Å². The van der Waals surface area contributed by atoms with Gasteiger partial charge in [-0.1, -0.05) is 11.6 Å². The normalized spacial score (nSPS) is 10.8. The summed E-state index contributed by atoms with van der Waals surface area (Å²) in [6.07, 6.45) is -1.96. The van der Waals surface area contributed by atoms with E-state index in [4.69, 9.17) is 21.8 Å². The number of rotatable bonds is 2. The summed E-state index contributed by atoms with van der Waals surface area (Å²) >= 11 is 5.39. The van der Waals surface area contributed by atoms with Gasteiger partial charge in [0.25, 0.3) is 6.43 Å². The number of alkyl halides is 2. The van der Waals surface area contributed by atoms with E-state index in [0.717, 1.165) is 6.20 Å². The van der Waals surface area contributed by atoms with Crippen LogP contribution >= 0.6 is 11.6 Å². The van der Waals surface area contributed by atoms with Gasteiger partial charge in [-0.05, 0) is 0 Å². The minimum Gasteiger partial charge on any atom is -0.504 e. The van der Waals surface area contributed by atoms with E-state index in [1.807, 2.05) is 0 Å². The van der Waals surface area contributed by atoms with Crippen LogP contribution in [0.3, 0.4) is 0 Å². The number of halogens is 3. The van der Waals surface area contributed by atoms with Gasteiger partial charge in [-0.2, -0.15) is 0 Å². The number of aromatic hydroxyl groups is 1. The van der Waals surface area contributed by atoms with Crippen molar-refractivity contribution in [2.75, 3.05) is 0 Å². The van der Waals surface area contributed by atoms with E-state index in [1.54, 1.807) is 0 Å². The fourth-order valence-electron chi connectivity index (χ4n) is 0.797. The van der Waals surface area contributed by atoms with Gasteiger partial charge in [-0.25, -0.2) is 8.78 Å². The van der Waals surface area contributed by atoms with Crippen molar-refractivity contribution in [2.45, 2.75) is 13.0 Å². The van der Waals surface area contributed by atoms with Crippen LogP contribution in [0.15, 0.2) is 6.20 Å². The molecule has 0 aliphatic rings. The Kier molecular flexibility index (Phi) is 3.00. The molecule has 0 unspecified atom stereocenters. The number of hydrogen-bond donors (Lipinski definition) is 2. The topological polar surface area (TPSA) is 53.4 Å². The lowest BCUT2D eigenvalue weighted by atomic mass is 10.2. The molecule has 0 atom stereocenters. The van der Waals surface area contributed by atoms with Crippen molar-refractivity contribution in [1.29, 1.82) is 0 Å². The van der Waals surface area contributed by atoms with Gasteiger partial charge in [0.1, 0.15) is 5.69 Å². The van der Waals surface area contributed by atoms with Crippen molar-refractivity contribution >= 4 is 11.6 Å². The molecule has 0 spiro atoms. The standard InChI is InChI=1S/C7H6ClF2NO2/c8-5-3(7(9)10)1-11-4(2-12)6(5)13/h1,7,12-13H,2H2. The van der Waals surface area contributed by atoms with Crippen LogP contribution in [0.25, 0.3) is 0 Å². The zero-order chi connectivity index (χ0) is 10.0. The summed E-state index contributed by atoms with van der Waals surface area (Å²) in [5.41, 5.74) is -0.661. The van der Waals surface area contributed by atoms with Crippen LogP contribution in [0.4, 0.5) is 8.78 Å². The predicted molar refractivity (Wildman–Crippen MR) is 41.8 cm³/mol. The van der Waals surface area contributed by atoms with Gasteiger partial charge in [0.15, 0.2) is 5.75 Å². The molecule has 0 aromatic carbocycles. The third kappa shape index (κ3) is 1.87. The number of aromatic nitrogens is 1. The Hall–Kier alpha value is -0.940. The lowest BCUT2D eigenvalue weighted by Gasteiger charge is -2.06. The summed E-state index contributed by atoms with van der Waals surface area (Å²) < 4.78 is 24.3. The molecule has 1 heterocycles. The summed E-state index contributed by atoms with van der Waals surface area (Å²) in [7, 11) is 0. The highest BCUT2D eigenvalue weighted by Gasteiger charge is 2.17. The molecule has 0 amide bonds. The highest BCUT2D eigenvalue weighted by atomic mass is 35.5. The monoisotopic (exact) mass is 209 g/mol. The van der Waals surface area contributed by atoms with Gasteiger partial charge in [-0.3, -0.25) is 4.98 Å². The number of pyridine rings is 1. The van der Waals surface area contributed by atoms with E-state index >= 15 is 0 Å². The molecular weight excluding hydrogens is 204 g/mol. The number of nitrogens with zero attached hydrogens (tertiary/aromatic N) is 1. The molecule has 0 saturated heterocycles. The Labute approximate surface area is 77.6 Å². The Morgan fingerprint density at radius 2 is 2.15 bits per heavy atom. The first-order valence-corrected chi connectivity index (χ1v) is 3.71. The van der Waals surface area contributed by atoms with Gasteiger partial charge in [-0.15, -0.1) is 0 Å². The summed E-state index contributed by atoms with van der Waals surface area (Å²) in [6, 6.07) is 0. The zero-order valence-electron chi connectivity index (χ0n) is 6.34. The van der Waals surface area contributed by atoms with Crippen LogP contribution in [0, 0.1) is 0 Å². The number of aliphatic hydroxyl groups excluding tert-OH is 1. The Bertz CT molecular complexity index is 320. The third-order valence-corrected chi connectivity index (χ3v) is 1.88. The van der Waals surface area contributed by atoms with Crippen LogP contribution in [-0.4, -0.2) is 15.2 Å². The van der Waals surface area contributed by atoms with E-state index in [1.165, 1.54) is 0 Å². The van der Waals surface area contributed by atoms with E-state index in [2.05, 4.69) is 4.98 Å². The molecule has 6 heteroatoms. The first-order chi connectivity index (χ1) is 6.07. The fourth-order valence-corrected chi connectivity index (χ4v) is 1.04. The van der Waals surface area contributed by atoms with Crippen LogP contribution in [-0.2, 0) is 6.61 Å². The Balaban J connectivity index is 3.23. The molecule has 0 bridgehead atoms. The quantitative estimate of drug-likeness (QED) is 0.782. The molecule has 0 aliphatic heterocycles. The average Bonchev–Trinajstić information content (AvgIpc) is 2.09. The Morgan fingerprint density at radius 3 is 2.62 bits per heavy atom. The maximum Gasteiger partial charge on any atom is 0.266 e. The molecule has 1 rings (SSSR count). The van der Waals surface area contributed by atoms with E-state index < -0.39 is 29.4 Å². The maximum absolute atomic E-state index is 12.1. The van der Waals surface area contributed by atoms with Gasteiger partial charge >= 0.3 is 0 Å². The van der Waals surface area contributed by atoms with E-state index in [-0.39, 0.29) is 5.69 Å². The molecule has 0 saturated carbocycles. The van der Waals surface area contributed by atoms with Crippen LogP contribution in [0.5, 0.6) is 5.75 Å². The third-order valence-electron chi connectivity index (χ3n) is 1.48. The zero-order valence-corrected chi connectivity index (χ0v) is 7.09. The molecule has 2 N–H and O–H groups in total. The molecule has 1 aromatic heterocycles. The SMILES string of the molecule is OCc1ncc(C(F)F)c(Cl)c1O. The predicted octanol–water partition coefficient (Wildman–Crippen LogP) is 1.87. The molecule has 0 radical (unpaired) electrons. The highest BCUT2D eigenvalue weighted by molar-refractivity contribution is 6.32. The maximum atomic E-state index is 12.1. The summed E-state index contributed by atoms with van der Waals surface area (Å²) in [5, 5.41) is 17.3. The van der Waals surface area contributed by atoms with Crippen molar-refractivity contribution in [3.63, 3.8) is 0 Å². The van der Waals surface area contributed by atoms with E-state index in [0.29, 0.717) is 0 Å². The second kappa shape index (κ2) is 3.85. The Morgan fingerprint density at radius 1 is 1.54 bits per heavy atom. The van der Waals surface area contributed by atoms with E-state index in [9.17, 15) is 8.78 Å². The van der Waals surface area contributed by atoms with Gasteiger partial charge in [0.2, 0.25) is 0 Å². The van der Waals surface area contributed by atoms with Crippen molar-refractivity contribution in [1.82, 2.24) is 4.98 Å². The van der Waals surface area contributed by atoms with Crippen molar-refractivity contribution in [3.05, 3.63) is 22.5 Å². The molecule has 0 aliphatic carbocycles. The van der Waals surface area contributed by atoms with Crippen LogP contribution < -0.4 is 0 Å². The van der Waals surface area contributed by atoms with Gasteiger partial charge < -0.3 is 10.2 Å². The van der Waals surface area contributed by atoms with Gasteiger partial charge in [0, 0.05) is 6.20 Å². The molecule has 72 valence electrons. The molecule has 0 fully saturated rings. The van der Waals surface area contributed by atoms with Gasteiger partial charge in [0.05, 0.1) is 17.2 Å². The molecule has 1 aromatic rings. The largest absolute Gasteiger partial charge is 0.504 e. The van der Waals surface area contributed by atoms with Crippen LogP contribution in [0.1, 0.15) is 17.7 Å². The first-order valence-electron chi connectivity index (χ1n) is 3.33. The second-order valence-electron chi connectivity index (χ2n) is 2.28. The van der Waals surface area contributed by atoms with Crippen molar-refractivity contribution in [2.24, 2.45) is 0 Å². The summed E-state index contributed by atoms with van der Waals surface area (Å²) in [4.78, 5) is 3.41. The first kappa shape index (κ1) is 10.1. The van der Waals surface area contributed by atoms with Crippen molar-refractivity contribution < 1.29 is 19.0 Å². The lowest BCUT2D eigenvalue weighted by Crippen LogP contribution is -1.95. The molecular formula is C7H6ClF2NO2. The molecule has 13 heavy (non-hydrogen) atoms.